The Morgan fingerprint density at radius 1 is 1.50 bits per heavy atom. The maximum Gasteiger partial charge on any atom is 0.224 e. The molecule has 0 saturated heterocycles. The highest BCUT2D eigenvalue weighted by Gasteiger charge is 2.26. The van der Waals surface area contributed by atoms with Gasteiger partial charge in [-0.05, 0) is 43.0 Å². The summed E-state index contributed by atoms with van der Waals surface area (Å²) in [7, 11) is 0. The number of carbonyl (C=O) groups excluding carboxylic acids is 1. The molecule has 0 radical (unpaired) electrons. The first kappa shape index (κ1) is 12.5. The van der Waals surface area contributed by atoms with Gasteiger partial charge in [0.05, 0.1) is 5.70 Å². The Kier molecular flexibility index (Phi) is 3.28. The summed E-state index contributed by atoms with van der Waals surface area (Å²) in [6.07, 6.45) is 3.34. The SMILES string of the molecule is CC(=O)N1c2ccc(/C(N)=C/N)cc2CC[C@@H]1C. The Hall–Kier alpha value is -1.97. The van der Waals surface area contributed by atoms with Crippen molar-refractivity contribution in [3.05, 3.63) is 35.5 Å². The average Bonchev–Trinajstić information content (AvgIpc) is 2.36. The molecule has 1 amide bonds. The minimum atomic E-state index is 0.0820. The smallest absolute Gasteiger partial charge is 0.224 e. The molecule has 4 heteroatoms. The lowest BCUT2D eigenvalue weighted by Crippen LogP contribution is -2.40. The van der Waals surface area contributed by atoms with Crippen molar-refractivity contribution in [2.45, 2.75) is 32.7 Å². The van der Waals surface area contributed by atoms with Gasteiger partial charge in [-0.25, -0.2) is 0 Å². The second-order valence-corrected chi connectivity index (χ2v) is 4.74. The van der Waals surface area contributed by atoms with E-state index in [2.05, 4.69) is 6.92 Å². The Morgan fingerprint density at radius 2 is 2.22 bits per heavy atom. The Morgan fingerprint density at radius 3 is 2.83 bits per heavy atom. The molecule has 0 aromatic heterocycles. The van der Waals surface area contributed by atoms with Gasteiger partial charge in [-0.1, -0.05) is 6.07 Å². The summed E-state index contributed by atoms with van der Waals surface area (Å²) in [6, 6.07) is 6.14. The maximum atomic E-state index is 11.7. The number of amides is 1. The van der Waals surface area contributed by atoms with Crippen molar-refractivity contribution in [2.24, 2.45) is 11.5 Å². The number of anilines is 1. The molecule has 4 nitrogen and oxygen atoms in total. The van der Waals surface area contributed by atoms with Gasteiger partial charge in [0.2, 0.25) is 5.91 Å². The predicted octanol–water partition coefficient (Wildman–Crippen LogP) is 1.59. The zero-order valence-corrected chi connectivity index (χ0v) is 10.8. The predicted molar refractivity (Wildman–Crippen MR) is 73.7 cm³/mol. The van der Waals surface area contributed by atoms with Crippen molar-refractivity contribution in [3.8, 4) is 0 Å². The molecule has 0 fully saturated rings. The van der Waals surface area contributed by atoms with Crippen LogP contribution in [0.25, 0.3) is 5.70 Å². The molecule has 1 aromatic rings. The molecule has 0 aliphatic carbocycles. The minimum Gasteiger partial charge on any atom is -0.403 e. The molecule has 1 heterocycles. The number of hydrogen-bond donors (Lipinski definition) is 2. The zero-order chi connectivity index (χ0) is 13.3. The Balaban J connectivity index is 2.46. The van der Waals surface area contributed by atoms with Crippen LogP contribution in [0, 0.1) is 0 Å². The summed E-state index contributed by atoms with van der Waals surface area (Å²) in [5, 5.41) is 0. The molecule has 0 bridgehead atoms. The third-order valence-electron chi connectivity index (χ3n) is 3.46. The molecule has 0 saturated carbocycles. The van der Waals surface area contributed by atoms with Gasteiger partial charge < -0.3 is 16.4 Å². The largest absolute Gasteiger partial charge is 0.403 e. The van der Waals surface area contributed by atoms with Crippen LogP contribution in [0.3, 0.4) is 0 Å². The number of aryl methyl sites for hydroxylation is 1. The molecular weight excluding hydrogens is 226 g/mol. The Labute approximate surface area is 107 Å². The van der Waals surface area contributed by atoms with Crippen LogP contribution in [-0.2, 0) is 11.2 Å². The quantitative estimate of drug-likeness (QED) is 0.789. The van der Waals surface area contributed by atoms with Crippen LogP contribution in [0.1, 0.15) is 31.4 Å². The number of hydrogen-bond acceptors (Lipinski definition) is 3. The van der Waals surface area contributed by atoms with E-state index in [0.717, 1.165) is 29.7 Å². The fraction of sp³-hybridized carbons (Fsp3) is 0.357. The summed E-state index contributed by atoms with van der Waals surface area (Å²) in [6.45, 7) is 3.68. The molecular formula is C14H19N3O. The van der Waals surface area contributed by atoms with E-state index in [1.54, 1.807) is 6.92 Å². The first-order valence-corrected chi connectivity index (χ1v) is 6.15. The van der Waals surface area contributed by atoms with Crippen LogP contribution in [0.5, 0.6) is 0 Å². The van der Waals surface area contributed by atoms with Crippen LogP contribution in [0.2, 0.25) is 0 Å². The highest BCUT2D eigenvalue weighted by Crippen LogP contribution is 2.32. The van der Waals surface area contributed by atoms with Gasteiger partial charge in [-0.3, -0.25) is 4.79 Å². The van der Waals surface area contributed by atoms with E-state index in [9.17, 15) is 4.79 Å². The van der Waals surface area contributed by atoms with Gasteiger partial charge in [-0.2, -0.15) is 0 Å². The molecule has 1 aliphatic rings. The first-order chi connectivity index (χ1) is 8.54. The van der Waals surface area contributed by atoms with Gasteiger partial charge in [0.1, 0.15) is 0 Å². The summed E-state index contributed by atoms with van der Waals surface area (Å²) < 4.78 is 0. The number of carbonyl (C=O) groups is 1. The summed E-state index contributed by atoms with van der Waals surface area (Å²) in [5.74, 6) is 0.0820. The number of nitrogens with two attached hydrogens (primary N) is 2. The van der Waals surface area contributed by atoms with E-state index in [1.807, 2.05) is 23.1 Å². The standard InChI is InChI=1S/C14H19N3O/c1-9-3-4-12-7-11(13(16)8-15)5-6-14(12)17(9)10(2)18/h5-9H,3-4,15-16H2,1-2H3/b13-8-/t9-/m0/s1. The number of rotatable bonds is 1. The van der Waals surface area contributed by atoms with Crippen LogP contribution in [-0.4, -0.2) is 11.9 Å². The van der Waals surface area contributed by atoms with Gasteiger partial charge in [-0.15, -0.1) is 0 Å². The second-order valence-electron chi connectivity index (χ2n) is 4.74. The second kappa shape index (κ2) is 4.72. The topological polar surface area (TPSA) is 72.3 Å². The summed E-state index contributed by atoms with van der Waals surface area (Å²) in [5.41, 5.74) is 14.9. The highest BCUT2D eigenvalue weighted by molar-refractivity contribution is 5.93. The highest BCUT2D eigenvalue weighted by atomic mass is 16.2. The molecule has 4 N–H and O–H groups in total. The molecule has 0 spiro atoms. The number of benzene rings is 1. The van der Waals surface area contributed by atoms with Crippen LogP contribution in [0.15, 0.2) is 24.4 Å². The maximum absolute atomic E-state index is 11.7. The molecule has 1 aromatic carbocycles. The van der Waals surface area contributed by atoms with Crippen LogP contribution >= 0.6 is 0 Å². The fourth-order valence-electron chi connectivity index (χ4n) is 2.51. The van der Waals surface area contributed by atoms with Crippen molar-refractivity contribution < 1.29 is 4.79 Å². The monoisotopic (exact) mass is 245 g/mol. The normalized spacial score (nSPS) is 19.6. The number of nitrogens with zero attached hydrogens (tertiary/aromatic N) is 1. The third-order valence-corrected chi connectivity index (χ3v) is 3.46. The summed E-state index contributed by atoms with van der Waals surface area (Å²) in [4.78, 5) is 13.6. The van der Waals surface area contributed by atoms with E-state index in [4.69, 9.17) is 11.5 Å². The van der Waals surface area contributed by atoms with Gasteiger partial charge in [0.15, 0.2) is 0 Å². The summed E-state index contributed by atoms with van der Waals surface area (Å²) >= 11 is 0. The van der Waals surface area contributed by atoms with Gasteiger partial charge in [0.25, 0.3) is 0 Å². The third kappa shape index (κ3) is 2.06. The molecule has 0 unspecified atom stereocenters. The van der Waals surface area contributed by atoms with Crippen molar-refractivity contribution in [1.29, 1.82) is 0 Å². The van der Waals surface area contributed by atoms with E-state index < -0.39 is 0 Å². The lowest BCUT2D eigenvalue weighted by molar-refractivity contribution is -0.117. The van der Waals surface area contributed by atoms with E-state index >= 15 is 0 Å². The molecule has 1 atom stereocenters. The Bertz CT molecular complexity index is 508. The molecule has 2 rings (SSSR count). The van der Waals surface area contributed by atoms with E-state index in [-0.39, 0.29) is 11.9 Å². The van der Waals surface area contributed by atoms with E-state index in [0.29, 0.717) is 5.70 Å². The van der Waals surface area contributed by atoms with Gasteiger partial charge >= 0.3 is 0 Å². The van der Waals surface area contributed by atoms with Crippen LogP contribution < -0.4 is 16.4 Å². The zero-order valence-electron chi connectivity index (χ0n) is 10.8. The molecule has 96 valence electrons. The van der Waals surface area contributed by atoms with Crippen molar-refractivity contribution >= 4 is 17.3 Å². The number of fused-ring (bicyclic) bond motifs is 1. The van der Waals surface area contributed by atoms with Gasteiger partial charge in [0, 0.05) is 24.9 Å². The molecule has 1 aliphatic heterocycles. The first-order valence-electron chi connectivity index (χ1n) is 6.15. The van der Waals surface area contributed by atoms with Crippen LogP contribution in [0.4, 0.5) is 5.69 Å². The lowest BCUT2D eigenvalue weighted by Gasteiger charge is -2.34. The fourth-order valence-corrected chi connectivity index (χ4v) is 2.51. The van der Waals surface area contributed by atoms with Crippen molar-refractivity contribution in [2.75, 3.05) is 4.90 Å². The minimum absolute atomic E-state index is 0.0820. The van der Waals surface area contributed by atoms with E-state index in [1.165, 1.54) is 6.20 Å². The van der Waals surface area contributed by atoms with Crippen molar-refractivity contribution in [3.63, 3.8) is 0 Å². The van der Waals surface area contributed by atoms with Crippen molar-refractivity contribution in [1.82, 2.24) is 0 Å². The molecule has 18 heavy (non-hydrogen) atoms. The lowest BCUT2D eigenvalue weighted by atomic mass is 9.94. The average molecular weight is 245 g/mol.